The third-order valence-corrected chi connectivity index (χ3v) is 3.91. The van der Waals surface area contributed by atoms with Crippen LogP contribution in [-0.4, -0.2) is 22.6 Å². The lowest BCUT2D eigenvalue weighted by atomic mass is 10.0. The minimum absolute atomic E-state index is 0.172. The van der Waals surface area contributed by atoms with Crippen molar-refractivity contribution in [1.82, 2.24) is 10.3 Å². The summed E-state index contributed by atoms with van der Waals surface area (Å²) >= 11 is 1.52. The van der Waals surface area contributed by atoms with E-state index in [1.165, 1.54) is 11.3 Å². The summed E-state index contributed by atoms with van der Waals surface area (Å²) in [6, 6.07) is 5.49. The van der Waals surface area contributed by atoms with Crippen molar-refractivity contribution in [1.29, 1.82) is 0 Å². The number of nitrogens with one attached hydrogen (secondary N) is 1. The maximum Gasteiger partial charge on any atom is 0.252 e. The van der Waals surface area contributed by atoms with Crippen LogP contribution in [0.25, 0.3) is 0 Å². The average molecular weight is 300 g/mol. The topological polar surface area (TPSA) is 62.2 Å². The van der Waals surface area contributed by atoms with E-state index in [4.69, 9.17) is 5.11 Å². The van der Waals surface area contributed by atoms with Crippen molar-refractivity contribution < 1.29 is 9.90 Å². The van der Waals surface area contributed by atoms with Crippen LogP contribution in [0.1, 0.15) is 32.1 Å². The first kappa shape index (κ1) is 15.2. The van der Waals surface area contributed by atoms with Gasteiger partial charge in [0, 0.05) is 10.4 Å². The molecule has 5 heteroatoms. The average Bonchev–Trinajstić information content (AvgIpc) is 2.88. The van der Waals surface area contributed by atoms with E-state index in [1.54, 1.807) is 17.6 Å². The molecule has 1 amide bonds. The second-order valence-electron chi connectivity index (χ2n) is 4.55. The first-order valence-corrected chi connectivity index (χ1v) is 7.37. The van der Waals surface area contributed by atoms with Gasteiger partial charge in [0.15, 0.2) is 0 Å². The predicted molar refractivity (Wildman–Crippen MR) is 83.2 cm³/mol. The van der Waals surface area contributed by atoms with Gasteiger partial charge in [-0.15, -0.1) is 11.3 Å². The van der Waals surface area contributed by atoms with E-state index in [0.29, 0.717) is 17.7 Å². The highest BCUT2D eigenvalue weighted by Gasteiger charge is 2.11. The van der Waals surface area contributed by atoms with Gasteiger partial charge in [0.05, 0.1) is 23.3 Å². The van der Waals surface area contributed by atoms with E-state index in [1.807, 2.05) is 19.9 Å². The second kappa shape index (κ2) is 7.02. The Morgan fingerprint density at radius 1 is 1.43 bits per heavy atom. The summed E-state index contributed by atoms with van der Waals surface area (Å²) in [5.74, 6) is 5.21. The van der Waals surface area contributed by atoms with Crippen molar-refractivity contribution in [2.75, 3.05) is 6.61 Å². The molecule has 21 heavy (non-hydrogen) atoms. The number of nitrogens with zero attached hydrogens (tertiary/aromatic N) is 1. The molecule has 0 aliphatic heterocycles. The molecule has 0 unspecified atom stereocenters. The summed E-state index contributed by atoms with van der Waals surface area (Å²) in [6.07, 6.45) is 0. The van der Waals surface area contributed by atoms with Crippen LogP contribution < -0.4 is 5.32 Å². The number of aliphatic hydroxyl groups excluding tert-OH is 1. The Morgan fingerprint density at radius 2 is 2.24 bits per heavy atom. The van der Waals surface area contributed by atoms with Gasteiger partial charge in [0.25, 0.3) is 5.91 Å². The molecule has 1 aromatic carbocycles. The zero-order valence-electron chi connectivity index (χ0n) is 11.9. The Bertz CT molecular complexity index is 711. The zero-order chi connectivity index (χ0) is 15.2. The molecule has 2 rings (SSSR count). The smallest absolute Gasteiger partial charge is 0.252 e. The van der Waals surface area contributed by atoms with Gasteiger partial charge in [-0.3, -0.25) is 4.79 Å². The van der Waals surface area contributed by atoms with Crippen molar-refractivity contribution in [3.63, 3.8) is 0 Å². The van der Waals surface area contributed by atoms with E-state index < -0.39 is 0 Å². The lowest BCUT2D eigenvalue weighted by Gasteiger charge is -2.07. The number of aliphatic hydroxyl groups is 1. The zero-order valence-corrected chi connectivity index (χ0v) is 12.8. The van der Waals surface area contributed by atoms with E-state index in [0.717, 1.165) is 16.1 Å². The predicted octanol–water partition coefficient (Wildman–Crippen LogP) is 2.03. The molecule has 108 valence electrons. The van der Waals surface area contributed by atoms with Gasteiger partial charge in [-0.25, -0.2) is 4.98 Å². The lowest BCUT2D eigenvalue weighted by Crippen LogP contribution is -2.23. The monoisotopic (exact) mass is 300 g/mol. The van der Waals surface area contributed by atoms with Crippen molar-refractivity contribution in [3.05, 3.63) is 51.0 Å². The Labute approximate surface area is 127 Å². The van der Waals surface area contributed by atoms with Crippen molar-refractivity contribution >= 4 is 17.2 Å². The van der Waals surface area contributed by atoms with Gasteiger partial charge in [0.1, 0.15) is 6.61 Å². The number of hydrogen-bond acceptors (Lipinski definition) is 4. The van der Waals surface area contributed by atoms with Crippen LogP contribution in [0.2, 0.25) is 0 Å². The van der Waals surface area contributed by atoms with Gasteiger partial charge in [0.2, 0.25) is 0 Å². The summed E-state index contributed by atoms with van der Waals surface area (Å²) < 4.78 is 0. The first-order chi connectivity index (χ1) is 10.1. The first-order valence-electron chi connectivity index (χ1n) is 6.49. The Kier molecular flexibility index (Phi) is 5.09. The summed E-state index contributed by atoms with van der Waals surface area (Å²) in [6.45, 7) is 4.07. The van der Waals surface area contributed by atoms with Crippen LogP contribution in [0, 0.1) is 25.7 Å². The maximum atomic E-state index is 12.3. The van der Waals surface area contributed by atoms with Gasteiger partial charge in [-0.2, -0.15) is 0 Å². The van der Waals surface area contributed by atoms with Crippen molar-refractivity contribution in [2.45, 2.75) is 20.4 Å². The fraction of sp³-hybridized carbons (Fsp3) is 0.250. The summed E-state index contributed by atoms with van der Waals surface area (Å²) in [7, 11) is 0. The molecule has 2 aromatic rings. The summed E-state index contributed by atoms with van der Waals surface area (Å²) in [4.78, 5) is 17.5. The molecule has 1 heterocycles. The lowest BCUT2D eigenvalue weighted by molar-refractivity contribution is 0.0951. The SMILES string of the molecule is Cc1ccc(C#CCO)c(C(=O)NCc2scnc2C)c1. The van der Waals surface area contributed by atoms with Crippen LogP contribution in [-0.2, 0) is 6.54 Å². The largest absolute Gasteiger partial charge is 0.384 e. The normalized spacial score (nSPS) is 9.86. The van der Waals surface area contributed by atoms with Crippen LogP contribution in [0.15, 0.2) is 23.7 Å². The molecule has 0 saturated carbocycles. The Hall–Kier alpha value is -2.16. The molecule has 4 nitrogen and oxygen atoms in total. The van der Waals surface area contributed by atoms with Crippen molar-refractivity contribution in [2.24, 2.45) is 0 Å². The van der Waals surface area contributed by atoms with Crippen LogP contribution in [0.5, 0.6) is 0 Å². The number of aromatic nitrogens is 1. The van der Waals surface area contributed by atoms with Crippen LogP contribution in [0.4, 0.5) is 0 Å². The number of amides is 1. The number of benzene rings is 1. The minimum atomic E-state index is -0.227. The molecule has 0 aliphatic rings. The molecule has 0 spiro atoms. The molecule has 0 saturated heterocycles. The Morgan fingerprint density at radius 3 is 2.90 bits per heavy atom. The van der Waals surface area contributed by atoms with E-state index in [9.17, 15) is 4.79 Å². The highest BCUT2D eigenvalue weighted by molar-refractivity contribution is 7.09. The minimum Gasteiger partial charge on any atom is -0.384 e. The summed E-state index contributed by atoms with van der Waals surface area (Å²) in [5.41, 5.74) is 4.83. The fourth-order valence-corrected chi connectivity index (χ4v) is 2.56. The highest BCUT2D eigenvalue weighted by atomic mass is 32.1. The van der Waals surface area contributed by atoms with Crippen molar-refractivity contribution in [3.8, 4) is 11.8 Å². The van der Waals surface area contributed by atoms with Gasteiger partial charge < -0.3 is 10.4 Å². The third-order valence-electron chi connectivity index (χ3n) is 2.98. The van der Waals surface area contributed by atoms with E-state index in [-0.39, 0.29) is 12.5 Å². The van der Waals surface area contributed by atoms with Crippen LogP contribution in [0.3, 0.4) is 0 Å². The third kappa shape index (κ3) is 3.91. The van der Waals surface area contributed by atoms with Gasteiger partial charge in [-0.05, 0) is 26.0 Å². The number of carbonyl (C=O) groups is 1. The van der Waals surface area contributed by atoms with E-state index >= 15 is 0 Å². The van der Waals surface area contributed by atoms with E-state index in [2.05, 4.69) is 22.1 Å². The van der Waals surface area contributed by atoms with Crippen LogP contribution >= 0.6 is 11.3 Å². The standard InChI is InChI=1S/C16H16N2O2S/c1-11-5-6-13(4-3-7-19)14(8-11)16(20)17-9-15-12(2)18-10-21-15/h5-6,8,10,19H,7,9H2,1-2H3,(H,17,20). The molecule has 0 radical (unpaired) electrons. The number of rotatable bonds is 3. The number of thiazole rings is 1. The molecule has 0 aliphatic carbocycles. The summed E-state index contributed by atoms with van der Waals surface area (Å²) in [5, 5.41) is 11.7. The van der Waals surface area contributed by atoms with Gasteiger partial charge in [-0.1, -0.05) is 23.5 Å². The molecular weight excluding hydrogens is 284 g/mol. The molecule has 0 atom stereocenters. The quantitative estimate of drug-likeness (QED) is 0.853. The molecule has 1 aromatic heterocycles. The Balaban J connectivity index is 2.18. The second-order valence-corrected chi connectivity index (χ2v) is 5.49. The molecule has 2 N–H and O–H groups in total. The number of carbonyl (C=O) groups excluding carboxylic acids is 1. The number of aryl methyl sites for hydroxylation is 2. The maximum absolute atomic E-state index is 12.3. The van der Waals surface area contributed by atoms with Gasteiger partial charge >= 0.3 is 0 Å². The molecular formula is C16H16N2O2S. The fourth-order valence-electron chi connectivity index (χ4n) is 1.84. The molecule has 0 fully saturated rings. The highest BCUT2D eigenvalue weighted by Crippen LogP contribution is 2.14. The molecule has 0 bridgehead atoms. The number of hydrogen-bond donors (Lipinski definition) is 2.